The van der Waals surface area contributed by atoms with Crippen LogP contribution < -0.4 is 16.0 Å². The number of ether oxygens (including phenoxy) is 1. The molecule has 3 aliphatic heterocycles. The number of hydrogen-bond donors (Lipinski definition) is 4. The zero-order valence-electron chi connectivity index (χ0n) is 37.2. The second-order valence-corrected chi connectivity index (χ2v) is 18.2. The maximum Gasteiger partial charge on any atom is 0.384 e. The highest BCUT2D eigenvalue weighted by molar-refractivity contribution is 6.16. The molecule has 0 amide bonds. The number of nitrogens with one attached hydrogen (secondary N) is 4. The SMILES string of the molecule is C=Cc1c2[nH]c(c1C)/C=C1\N/C(=C3\c4[nH]c(c(C)c4C(=O)[C@@H]3C3O[O+]3C)/C=c3\[nH]/c(c(C)c3CC)=C\2)[C@@H](CCC(=O)OC/C=C(/C)CCC[C@H](C)CCCC(C)C)[C@@H]1C. The minimum Gasteiger partial charge on any atom is -0.461 e. The van der Waals surface area contributed by atoms with Crippen LogP contribution in [0.15, 0.2) is 29.6 Å². The Labute approximate surface area is 350 Å². The number of rotatable bonds is 16. The topological polar surface area (TPSA) is 118 Å². The van der Waals surface area contributed by atoms with Crippen LogP contribution in [0.1, 0.15) is 154 Å². The average Bonchev–Trinajstić information content (AvgIpc) is 3.41. The van der Waals surface area contributed by atoms with Crippen molar-refractivity contribution >= 4 is 41.6 Å². The van der Waals surface area contributed by atoms with E-state index < -0.39 is 12.2 Å². The van der Waals surface area contributed by atoms with Gasteiger partial charge in [-0.2, -0.15) is 0 Å². The number of hydrogen-bond acceptors (Lipinski definition) is 5. The molecule has 9 heteroatoms. The van der Waals surface area contributed by atoms with Crippen molar-refractivity contribution in [3.63, 3.8) is 0 Å². The van der Waals surface area contributed by atoms with Gasteiger partial charge in [0.25, 0.3) is 0 Å². The molecule has 3 aromatic rings. The van der Waals surface area contributed by atoms with E-state index in [4.69, 9.17) is 9.62 Å². The second kappa shape index (κ2) is 17.6. The van der Waals surface area contributed by atoms with Gasteiger partial charge in [-0.15, -0.1) is 0 Å². The zero-order chi connectivity index (χ0) is 42.3. The lowest BCUT2D eigenvalue weighted by molar-refractivity contribution is -0.142. The lowest BCUT2D eigenvalue weighted by Gasteiger charge is -2.18. The molecule has 0 spiro atoms. The van der Waals surface area contributed by atoms with Crippen LogP contribution in [0.4, 0.5) is 0 Å². The Morgan fingerprint density at radius 3 is 2.36 bits per heavy atom. The first kappa shape index (κ1) is 42.5. The van der Waals surface area contributed by atoms with Gasteiger partial charge in [-0.3, -0.25) is 9.59 Å². The molecule has 9 nitrogen and oxygen atoms in total. The number of aromatic nitrogens is 3. The van der Waals surface area contributed by atoms with Crippen molar-refractivity contribution in [2.45, 2.75) is 126 Å². The molecule has 7 rings (SSSR count). The van der Waals surface area contributed by atoms with E-state index in [0.29, 0.717) is 12.0 Å². The van der Waals surface area contributed by atoms with E-state index in [1.165, 1.54) is 42.4 Å². The summed E-state index contributed by atoms with van der Waals surface area (Å²) in [5.41, 5.74) is 14.1. The van der Waals surface area contributed by atoms with Crippen molar-refractivity contribution in [2.75, 3.05) is 13.7 Å². The number of fused-ring (bicyclic) bond motifs is 7. The van der Waals surface area contributed by atoms with Crippen LogP contribution in [0.5, 0.6) is 0 Å². The molecular formula is C50H67N4O5+. The Hall–Kier alpha value is -4.60. The second-order valence-electron chi connectivity index (χ2n) is 18.2. The van der Waals surface area contributed by atoms with Crippen molar-refractivity contribution in [1.29, 1.82) is 0 Å². The van der Waals surface area contributed by atoms with Crippen molar-refractivity contribution in [3.8, 4) is 0 Å². The highest BCUT2D eigenvalue weighted by Gasteiger charge is 2.62. The molecule has 0 aromatic carbocycles. The molecule has 316 valence electrons. The van der Waals surface area contributed by atoms with Gasteiger partial charge in [-0.05, 0) is 117 Å². The van der Waals surface area contributed by atoms with Crippen LogP contribution in [-0.4, -0.2) is 46.7 Å². The minimum absolute atomic E-state index is 0.0190. The smallest absolute Gasteiger partial charge is 0.384 e. The maximum absolute atomic E-state index is 14.6. The number of carbonyl (C=O) groups is 2. The van der Waals surface area contributed by atoms with Gasteiger partial charge >= 0.3 is 12.3 Å². The number of esters is 1. The highest BCUT2D eigenvalue weighted by Crippen LogP contribution is 2.52. The molecule has 8 bridgehead atoms. The fourth-order valence-corrected chi connectivity index (χ4v) is 9.80. The average molecular weight is 804 g/mol. The summed E-state index contributed by atoms with van der Waals surface area (Å²) in [7, 11) is 1.80. The summed E-state index contributed by atoms with van der Waals surface area (Å²) in [6.07, 6.45) is 19.1. The summed E-state index contributed by atoms with van der Waals surface area (Å²) in [5, 5.41) is 5.90. The molecule has 1 unspecified atom stereocenters. The Balaban J connectivity index is 1.20. The van der Waals surface area contributed by atoms with Gasteiger partial charge < -0.3 is 25.0 Å². The van der Waals surface area contributed by atoms with Crippen molar-refractivity contribution in [1.82, 2.24) is 20.3 Å². The van der Waals surface area contributed by atoms with E-state index in [0.717, 1.165) is 98.2 Å². The van der Waals surface area contributed by atoms with E-state index in [2.05, 4.69) is 111 Å². The Morgan fingerprint density at radius 2 is 1.66 bits per heavy atom. The molecule has 4 aliphatic rings. The van der Waals surface area contributed by atoms with Crippen LogP contribution >= 0.6 is 0 Å². The number of allylic oxidation sites excluding steroid dienone is 3. The largest absolute Gasteiger partial charge is 0.461 e. The van der Waals surface area contributed by atoms with Crippen LogP contribution in [0, 0.1) is 50.4 Å². The molecule has 0 radical (unpaired) electrons. The highest BCUT2D eigenvalue weighted by atomic mass is 17.5. The predicted molar refractivity (Wildman–Crippen MR) is 238 cm³/mol. The van der Waals surface area contributed by atoms with E-state index in [1.54, 1.807) is 7.11 Å². The fourth-order valence-electron chi connectivity index (χ4n) is 9.80. The zero-order valence-corrected chi connectivity index (χ0v) is 37.2. The van der Waals surface area contributed by atoms with Crippen molar-refractivity contribution in [2.24, 2.45) is 29.6 Å². The number of carbonyl (C=O) groups excluding carboxylic acids is 2. The van der Waals surface area contributed by atoms with Crippen LogP contribution in [-0.2, 0) is 25.4 Å². The summed E-state index contributed by atoms with van der Waals surface area (Å²) in [6, 6.07) is 0. The lowest BCUT2D eigenvalue weighted by Crippen LogP contribution is -2.22. The summed E-state index contributed by atoms with van der Waals surface area (Å²) >= 11 is 0. The molecule has 59 heavy (non-hydrogen) atoms. The Morgan fingerprint density at radius 1 is 0.949 bits per heavy atom. The van der Waals surface area contributed by atoms with Crippen molar-refractivity contribution in [3.05, 3.63) is 96.5 Å². The van der Waals surface area contributed by atoms with Crippen molar-refractivity contribution < 1.29 is 23.7 Å². The van der Waals surface area contributed by atoms with Crippen LogP contribution in [0.2, 0.25) is 0 Å². The fraction of sp³-hybridized carbons (Fsp3) is 0.520. The molecule has 6 heterocycles. The van der Waals surface area contributed by atoms with E-state index in [9.17, 15) is 9.59 Å². The molecule has 4 N–H and O–H groups in total. The summed E-state index contributed by atoms with van der Waals surface area (Å²) in [4.78, 5) is 45.0. The summed E-state index contributed by atoms with van der Waals surface area (Å²) < 4.78 is 8.47. The Kier molecular flexibility index (Phi) is 12.6. The van der Waals surface area contributed by atoms with Gasteiger partial charge in [0.1, 0.15) is 6.61 Å². The van der Waals surface area contributed by atoms with Gasteiger partial charge in [-0.1, -0.05) is 78.5 Å². The molecular weight excluding hydrogens is 737 g/mol. The van der Waals surface area contributed by atoms with Gasteiger partial charge in [0, 0.05) is 74.1 Å². The van der Waals surface area contributed by atoms with E-state index >= 15 is 0 Å². The summed E-state index contributed by atoms with van der Waals surface area (Å²) in [5.74, 6) is 0.749. The van der Waals surface area contributed by atoms with Crippen LogP contribution in [0.25, 0.3) is 29.9 Å². The van der Waals surface area contributed by atoms with Gasteiger partial charge in [0.15, 0.2) is 18.8 Å². The number of ketones is 1. The summed E-state index contributed by atoms with van der Waals surface area (Å²) in [6.45, 7) is 24.3. The first-order valence-corrected chi connectivity index (χ1v) is 22.1. The van der Waals surface area contributed by atoms with Gasteiger partial charge in [0.05, 0.1) is 5.69 Å². The molecule has 2 saturated heterocycles. The van der Waals surface area contributed by atoms with Gasteiger partial charge in [0.2, 0.25) is 0 Å². The number of H-pyrrole nitrogens is 3. The van der Waals surface area contributed by atoms with E-state index in [-0.39, 0.29) is 36.6 Å². The normalized spacial score (nSPS) is 25.0. The molecule has 3 aromatic heterocycles. The quantitative estimate of drug-likeness (QED) is 0.0379. The van der Waals surface area contributed by atoms with E-state index in [1.807, 2.05) is 13.0 Å². The third-order valence-corrected chi connectivity index (χ3v) is 13.6. The van der Waals surface area contributed by atoms with Gasteiger partial charge in [-0.25, -0.2) is 4.52 Å². The molecule has 2 fully saturated rings. The third-order valence-electron chi connectivity index (χ3n) is 13.6. The first-order chi connectivity index (χ1) is 28.2. The predicted octanol–water partition coefficient (Wildman–Crippen LogP) is 9.55. The number of aromatic amines is 3. The number of Topliss-reactive ketones (excluding diaryl/α,β-unsaturated/α-hetero) is 1. The maximum atomic E-state index is 14.6. The Bertz CT molecular complexity index is 2340. The van der Waals surface area contributed by atoms with Crippen LogP contribution in [0.3, 0.4) is 0 Å². The molecule has 5 atom stereocenters. The first-order valence-electron chi connectivity index (χ1n) is 22.1. The molecule has 0 saturated carbocycles. The minimum atomic E-state index is -0.538. The third kappa shape index (κ3) is 8.56. The molecule has 1 aliphatic carbocycles. The lowest BCUT2D eigenvalue weighted by atomic mass is 9.85. The standard InChI is InChI=1S/C50H66N4O5/c1-12-34-30(7)37-24-39-32(9)36(20-21-43(55)57-23-22-29(6)19-15-18-28(5)17-14-16-27(3)4)47(53-39)45-46(50-58-59(50)11)49(56)44-33(10)40(54-48(44)45)26-42-35(13-2)31(8)38(52-42)25-41(34)51-37/h12,22,24-28,32,36,46,50-52H,1,13-21,23H2,2-11H3,(H-,53,54,56)/p+1/b29-22-,38-25-,39-24-,42-26-/t28-,32+,36+,46-,50?/m1/s1. The monoisotopic (exact) mass is 804 g/mol.